The molecule has 0 aliphatic carbocycles. The van der Waals surface area contributed by atoms with E-state index in [9.17, 15) is 9.59 Å². The van der Waals surface area contributed by atoms with Crippen LogP contribution in [0.15, 0.2) is 30.3 Å². The van der Waals surface area contributed by atoms with Crippen molar-refractivity contribution in [3.05, 3.63) is 35.9 Å². The lowest BCUT2D eigenvalue weighted by Gasteiger charge is -2.32. The monoisotopic (exact) mass is 303 g/mol. The van der Waals surface area contributed by atoms with Gasteiger partial charge in [0.25, 0.3) is 0 Å². The predicted octanol–water partition coefficient (Wildman–Crippen LogP) is 0.933. The fourth-order valence-electron chi connectivity index (χ4n) is 2.81. The summed E-state index contributed by atoms with van der Waals surface area (Å²) in [7, 11) is 0. The molecule has 1 fully saturated rings. The number of nitrogens with zero attached hydrogens (tertiary/aromatic N) is 1. The second-order valence-electron chi connectivity index (χ2n) is 5.74. The van der Waals surface area contributed by atoms with Gasteiger partial charge in [-0.25, -0.2) is 0 Å². The van der Waals surface area contributed by atoms with Crippen LogP contribution in [-0.2, 0) is 16.0 Å². The van der Waals surface area contributed by atoms with E-state index in [0.29, 0.717) is 26.1 Å². The molecule has 5 nitrogen and oxygen atoms in total. The summed E-state index contributed by atoms with van der Waals surface area (Å²) < 4.78 is 0. The molecule has 1 aromatic rings. The molecule has 120 valence electrons. The molecule has 0 aromatic heterocycles. The van der Waals surface area contributed by atoms with Crippen molar-refractivity contribution in [2.24, 2.45) is 11.7 Å². The smallest absolute Gasteiger partial charge is 0.224 e. The SMILES string of the molecule is NCCNC(=O)C1CCCN(C(=O)CCc2ccccc2)C1. The quantitative estimate of drug-likeness (QED) is 0.821. The van der Waals surface area contributed by atoms with E-state index in [0.717, 1.165) is 25.8 Å². The number of benzene rings is 1. The predicted molar refractivity (Wildman–Crippen MR) is 86.1 cm³/mol. The average Bonchev–Trinajstić information content (AvgIpc) is 2.58. The van der Waals surface area contributed by atoms with Gasteiger partial charge in [0.05, 0.1) is 5.92 Å². The third-order valence-electron chi connectivity index (χ3n) is 4.06. The van der Waals surface area contributed by atoms with Crippen LogP contribution < -0.4 is 11.1 Å². The molecule has 1 aromatic carbocycles. The highest BCUT2D eigenvalue weighted by Crippen LogP contribution is 2.18. The van der Waals surface area contributed by atoms with Gasteiger partial charge in [-0.05, 0) is 24.8 Å². The molecule has 1 aliphatic rings. The van der Waals surface area contributed by atoms with Crippen molar-refractivity contribution in [3.8, 4) is 0 Å². The number of rotatable bonds is 6. The summed E-state index contributed by atoms with van der Waals surface area (Å²) in [6, 6.07) is 10.0. The summed E-state index contributed by atoms with van der Waals surface area (Å²) in [5.74, 6) is 0.0622. The molecule has 5 heteroatoms. The molecular weight excluding hydrogens is 278 g/mol. The van der Waals surface area contributed by atoms with Crippen molar-refractivity contribution >= 4 is 11.8 Å². The zero-order valence-corrected chi connectivity index (χ0v) is 13.0. The number of nitrogens with one attached hydrogen (secondary N) is 1. The minimum Gasteiger partial charge on any atom is -0.355 e. The van der Waals surface area contributed by atoms with Gasteiger partial charge in [-0.2, -0.15) is 0 Å². The van der Waals surface area contributed by atoms with Gasteiger partial charge in [0.15, 0.2) is 0 Å². The van der Waals surface area contributed by atoms with E-state index in [4.69, 9.17) is 5.73 Å². The van der Waals surface area contributed by atoms with Crippen LogP contribution in [0.2, 0.25) is 0 Å². The molecule has 1 atom stereocenters. The largest absolute Gasteiger partial charge is 0.355 e. The Balaban J connectivity index is 1.81. The fourth-order valence-corrected chi connectivity index (χ4v) is 2.81. The molecule has 0 bridgehead atoms. The second-order valence-corrected chi connectivity index (χ2v) is 5.74. The first kappa shape index (κ1) is 16.5. The van der Waals surface area contributed by atoms with Crippen molar-refractivity contribution in [1.29, 1.82) is 0 Å². The van der Waals surface area contributed by atoms with Gasteiger partial charge in [0.2, 0.25) is 11.8 Å². The Morgan fingerprint density at radius 2 is 2.05 bits per heavy atom. The molecule has 0 radical (unpaired) electrons. The molecule has 1 heterocycles. The number of aryl methyl sites for hydroxylation is 1. The van der Waals surface area contributed by atoms with Gasteiger partial charge in [-0.1, -0.05) is 30.3 Å². The topological polar surface area (TPSA) is 75.4 Å². The lowest BCUT2D eigenvalue weighted by atomic mass is 9.96. The van der Waals surface area contributed by atoms with E-state index in [1.165, 1.54) is 5.56 Å². The Morgan fingerprint density at radius 3 is 2.77 bits per heavy atom. The van der Waals surface area contributed by atoms with Gasteiger partial charge in [0, 0.05) is 32.6 Å². The van der Waals surface area contributed by atoms with Gasteiger partial charge in [-0.3, -0.25) is 9.59 Å². The van der Waals surface area contributed by atoms with Crippen LogP contribution in [0.3, 0.4) is 0 Å². The first-order valence-corrected chi connectivity index (χ1v) is 8.00. The molecule has 2 amide bonds. The number of nitrogens with two attached hydrogens (primary N) is 1. The van der Waals surface area contributed by atoms with Crippen molar-refractivity contribution < 1.29 is 9.59 Å². The second kappa shape index (κ2) is 8.54. The number of carbonyl (C=O) groups is 2. The number of carbonyl (C=O) groups excluding carboxylic acids is 2. The minimum absolute atomic E-state index is 0.0195. The van der Waals surface area contributed by atoms with Crippen molar-refractivity contribution in [1.82, 2.24) is 10.2 Å². The lowest BCUT2D eigenvalue weighted by molar-refractivity contribution is -0.135. The highest BCUT2D eigenvalue weighted by Gasteiger charge is 2.27. The molecule has 22 heavy (non-hydrogen) atoms. The zero-order chi connectivity index (χ0) is 15.8. The van der Waals surface area contributed by atoms with Crippen molar-refractivity contribution in [2.45, 2.75) is 25.7 Å². The van der Waals surface area contributed by atoms with E-state index >= 15 is 0 Å². The van der Waals surface area contributed by atoms with E-state index < -0.39 is 0 Å². The van der Waals surface area contributed by atoms with Crippen LogP contribution in [0, 0.1) is 5.92 Å². The Labute approximate surface area is 131 Å². The van der Waals surface area contributed by atoms with Crippen molar-refractivity contribution in [2.75, 3.05) is 26.2 Å². The maximum atomic E-state index is 12.3. The van der Waals surface area contributed by atoms with Crippen LogP contribution in [0.5, 0.6) is 0 Å². The number of hydrogen-bond acceptors (Lipinski definition) is 3. The molecule has 0 spiro atoms. The summed E-state index contributed by atoms with van der Waals surface area (Å²) in [5.41, 5.74) is 6.57. The number of amides is 2. The van der Waals surface area contributed by atoms with Gasteiger partial charge in [-0.15, -0.1) is 0 Å². The normalized spacial score (nSPS) is 18.0. The first-order chi connectivity index (χ1) is 10.7. The maximum Gasteiger partial charge on any atom is 0.224 e. The van der Waals surface area contributed by atoms with Gasteiger partial charge in [0.1, 0.15) is 0 Å². The number of piperidine rings is 1. The Kier molecular flexibility index (Phi) is 6.40. The Morgan fingerprint density at radius 1 is 1.27 bits per heavy atom. The molecule has 1 saturated heterocycles. The lowest BCUT2D eigenvalue weighted by Crippen LogP contribution is -2.46. The van der Waals surface area contributed by atoms with Crippen molar-refractivity contribution in [3.63, 3.8) is 0 Å². The third kappa shape index (κ3) is 4.84. The fraction of sp³-hybridized carbons (Fsp3) is 0.529. The maximum absolute atomic E-state index is 12.3. The molecule has 1 aliphatic heterocycles. The highest BCUT2D eigenvalue weighted by atomic mass is 16.2. The van der Waals surface area contributed by atoms with Gasteiger partial charge >= 0.3 is 0 Å². The number of hydrogen-bond donors (Lipinski definition) is 2. The summed E-state index contributed by atoms with van der Waals surface area (Å²) in [6.45, 7) is 2.23. The Bertz CT molecular complexity index is 490. The highest BCUT2D eigenvalue weighted by molar-refractivity contribution is 5.81. The molecule has 1 unspecified atom stereocenters. The zero-order valence-electron chi connectivity index (χ0n) is 13.0. The summed E-state index contributed by atoms with van der Waals surface area (Å²) in [6.07, 6.45) is 2.98. The van der Waals surface area contributed by atoms with Crippen LogP contribution >= 0.6 is 0 Å². The number of likely N-dealkylation sites (tertiary alicyclic amines) is 1. The Hall–Kier alpha value is -1.88. The summed E-state index contributed by atoms with van der Waals surface area (Å²) in [5, 5.41) is 2.82. The average molecular weight is 303 g/mol. The first-order valence-electron chi connectivity index (χ1n) is 8.00. The third-order valence-corrected chi connectivity index (χ3v) is 4.06. The van der Waals surface area contributed by atoms with E-state index in [1.54, 1.807) is 0 Å². The molecule has 2 rings (SSSR count). The van der Waals surface area contributed by atoms with Gasteiger partial charge < -0.3 is 16.0 Å². The van der Waals surface area contributed by atoms with E-state index in [-0.39, 0.29) is 17.7 Å². The molecule has 0 saturated carbocycles. The molecule has 3 N–H and O–H groups in total. The summed E-state index contributed by atoms with van der Waals surface area (Å²) >= 11 is 0. The van der Waals surface area contributed by atoms with Crippen LogP contribution in [0.1, 0.15) is 24.8 Å². The van der Waals surface area contributed by atoms with Crippen LogP contribution in [-0.4, -0.2) is 42.9 Å². The van der Waals surface area contributed by atoms with Crippen LogP contribution in [0.25, 0.3) is 0 Å². The van der Waals surface area contributed by atoms with Crippen LogP contribution in [0.4, 0.5) is 0 Å². The minimum atomic E-state index is -0.0963. The van der Waals surface area contributed by atoms with E-state index in [2.05, 4.69) is 5.32 Å². The van der Waals surface area contributed by atoms with E-state index in [1.807, 2.05) is 35.2 Å². The summed E-state index contributed by atoms with van der Waals surface area (Å²) in [4.78, 5) is 26.2. The standard InChI is InChI=1S/C17H25N3O2/c18-10-11-19-17(22)15-7-4-12-20(13-15)16(21)9-8-14-5-2-1-3-6-14/h1-3,5-6,15H,4,7-13,18H2,(H,19,22). The molecular formula is C17H25N3O2.